The van der Waals surface area contributed by atoms with Gasteiger partial charge in [-0.15, -0.1) is 11.8 Å². The molecule has 2 amide bonds. The fourth-order valence-corrected chi connectivity index (χ4v) is 4.01. The van der Waals surface area contributed by atoms with E-state index in [-0.39, 0.29) is 17.2 Å². The van der Waals surface area contributed by atoms with Gasteiger partial charge >= 0.3 is 5.97 Å². The monoisotopic (exact) mass is 480 g/mol. The van der Waals surface area contributed by atoms with Crippen LogP contribution >= 0.6 is 11.8 Å². The number of amides is 2. The quantitative estimate of drug-likeness (QED) is 0.336. The van der Waals surface area contributed by atoms with E-state index in [0.29, 0.717) is 17.1 Å². The zero-order valence-corrected chi connectivity index (χ0v) is 19.6. The van der Waals surface area contributed by atoms with E-state index < -0.39 is 17.1 Å². The Morgan fingerprint density at radius 1 is 1.00 bits per heavy atom. The summed E-state index contributed by atoms with van der Waals surface area (Å²) in [5.74, 6) is -2.08. The van der Waals surface area contributed by atoms with Crippen LogP contribution < -0.4 is 16.2 Å². The standard InChI is InChI=1S/C24H24N4O5S/c1-15-22(24(33)28(27(15)3)18-7-5-4-6-8-18)26-23(32)16(2)34-19-11-9-17(10-12-19)25-20(29)13-14-21(30)31/h4-14,16H,1-3H3,(H,25,29)(H,26,32)(H,30,31)/b14-13+. The number of aromatic nitrogens is 2. The molecule has 2 aromatic carbocycles. The Labute approximate surface area is 200 Å². The predicted molar refractivity (Wildman–Crippen MR) is 132 cm³/mol. The van der Waals surface area contributed by atoms with Crippen molar-refractivity contribution in [3.05, 3.63) is 82.8 Å². The smallest absolute Gasteiger partial charge is 0.328 e. The first-order valence-corrected chi connectivity index (χ1v) is 11.2. The Hall–Kier alpha value is -4.05. The number of carbonyl (C=O) groups is 3. The summed E-state index contributed by atoms with van der Waals surface area (Å²) in [4.78, 5) is 48.7. The van der Waals surface area contributed by atoms with Crippen LogP contribution in [0.3, 0.4) is 0 Å². The minimum absolute atomic E-state index is 0.233. The summed E-state index contributed by atoms with van der Waals surface area (Å²) in [5.41, 5.74) is 1.75. The maximum Gasteiger partial charge on any atom is 0.328 e. The zero-order valence-electron chi connectivity index (χ0n) is 18.8. The van der Waals surface area contributed by atoms with Crippen molar-refractivity contribution < 1.29 is 19.5 Å². The maximum absolute atomic E-state index is 13.0. The van der Waals surface area contributed by atoms with Gasteiger partial charge in [0.05, 0.1) is 16.6 Å². The van der Waals surface area contributed by atoms with Crippen LogP contribution in [0.5, 0.6) is 0 Å². The van der Waals surface area contributed by atoms with E-state index in [4.69, 9.17) is 5.11 Å². The van der Waals surface area contributed by atoms with Crippen molar-refractivity contribution in [2.24, 2.45) is 7.05 Å². The zero-order chi connectivity index (χ0) is 24.8. The second-order valence-electron chi connectivity index (χ2n) is 7.37. The van der Waals surface area contributed by atoms with E-state index in [9.17, 15) is 19.2 Å². The Balaban J connectivity index is 1.66. The molecule has 0 aliphatic carbocycles. The van der Waals surface area contributed by atoms with Crippen LogP contribution in [0.15, 0.2) is 76.4 Å². The number of benzene rings is 2. The van der Waals surface area contributed by atoms with Crippen molar-refractivity contribution in [3.8, 4) is 5.69 Å². The summed E-state index contributed by atoms with van der Waals surface area (Å²) in [5, 5.41) is 13.4. The first-order valence-electron chi connectivity index (χ1n) is 10.3. The van der Waals surface area contributed by atoms with Gasteiger partial charge in [-0.2, -0.15) is 0 Å². The lowest BCUT2D eigenvalue weighted by Gasteiger charge is -2.12. The molecule has 10 heteroatoms. The van der Waals surface area contributed by atoms with Gasteiger partial charge in [-0.3, -0.25) is 19.1 Å². The molecule has 0 aliphatic heterocycles. The van der Waals surface area contributed by atoms with Crippen LogP contribution in [-0.2, 0) is 21.4 Å². The molecule has 0 spiro atoms. The van der Waals surface area contributed by atoms with Crippen molar-refractivity contribution in [2.45, 2.75) is 24.0 Å². The number of anilines is 2. The molecule has 1 aromatic heterocycles. The van der Waals surface area contributed by atoms with E-state index >= 15 is 0 Å². The van der Waals surface area contributed by atoms with Crippen molar-refractivity contribution >= 4 is 40.9 Å². The molecule has 1 atom stereocenters. The highest BCUT2D eigenvalue weighted by atomic mass is 32.2. The number of aliphatic carboxylic acids is 1. The summed E-state index contributed by atoms with van der Waals surface area (Å²) < 4.78 is 3.20. The Morgan fingerprint density at radius 2 is 1.65 bits per heavy atom. The van der Waals surface area contributed by atoms with E-state index in [1.54, 1.807) is 49.8 Å². The fourth-order valence-electron chi connectivity index (χ4n) is 3.14. The van der Waals surface area contributed by atoms with Gasteiger partial charge in [0.1, 0.15) is 5.69 Å². The van der Waals surface area contributed by atoms with Gasteiger partial charge in [0.2, 0.25) is 11.8 Å². The van der Waals surface area contributed by atoms with Gasteiger partial charge in [0.15, 0.2) is 0 Å². The van der Waals surface area contributed by atoms with Gasteiger partial charge in [-0.05, 0) is 50.2 Å². The molecule has 176 valence electrons. The largest absolute Gasteiger partial charge is 0.478 e. The van der Waals surface area contributed by atoms with Crippen molar-refractivity contribution in [2.75, 3.05) is 10.6 Å². The summed E-state index contributed by atoms with van der Waals surface area (Å²) >= 11 is 1.30. The second kappa shape index (κ2) is 10.7. The highest BCUT2D eigenvalue weighted by Gasteiger charge is 2.21. The molecule has 1 heterocycles. The number of nitrogens with one attached hydrogen (secondary N) is 2. The number of carboxylic acid groups (broad SMARTS) is 1. The van der Waals surface area contributed by atoms with Crippen LogP contribution in [-0.4, -0.2) is 37.5 Å². The molecular formula is C24H24N4O5S. The molecule has 0 aliphatic rings. The molecule has 9 nitrogen and oxygen atoms in total. The molecule has 0 saturated carbocycles. The van der Waals surface area contributed by atoms with Crippen LogP contribution in [0.1, 0.15) is 12.6 Å². The molecular weight excluding hydrogens is 456 g/mol. The van der Waals surface area contributed by atoms with Gasteiger partial charge < -0.3 is 15.7 Å². The molecule has 0 fully saturated rings. The summed E-state index contributed by atoms with van der Waals surface area (Å²) in [6, 6.07) is 16.0. The number of hydrogen-bond acceptors (Lipinski definition) is 5. The van der Waals surface area contributed by atoms with E-state index in [2.05, 4.69) is 10.6 Å². The number of carboxylic acids is 1. The summed E-state index contributed by atoms with van der Waals surface area (Å²) in [6.07, 6.45) is 1.68. The molecule has 3 aromatic rings. The third kappa shape index (κ3) is 5.84. The van der Waals surface area contributed by atoms with Gasteiger partial charge in [0.25, 0.3) is 5.56 Å². The Morgan fingerprint density at radius 3 is 2.26 bits per heavy atom. The van der Waals surface area contributed by atoms with Crippen molar-refractivity contribution in [3.63, 3.8) is 0 Å². The lowest BCUT2D eigenvalue weighted by molar-refractivity contribution is -0.131. The summed E-state index contributed by atoms with van der Waals surface area (Å²) in [7, 11) is 1.76. The fraction of sp³-hybridized carbons (Fsp3) is 0.167. The highest BCUT2D eigenvalue weighted by molar-refractivity contribution is 8.00. The average Bonchev–Trinajstić information content (AvgIpc) is 3.02. The van der Waals surface area contributed by atoms with Crippen molar-refractivity contribution in [1.29, 1.82) is 0 Å². The lowest BCUT2D eigenvalue weighted by Crippen LogP contribution is -2.27. The number of thioether (sulfide) groups is 1. The molecule has 1 unspecified atom stereocenters. The van der Waals surface area contributed by atoms with Crippen molar-refractivity contribution in [1.82, 2.24) is 9.36 Å². The SMILES string of the molecule is Cc1c(NC(=O)C(C)Sc2ccc(NC(=O)/C=C/C(=O)O)cc2)c(=O)n(-c2ccccc2)n1C. The average molecular weight is 481 g/mol. The third-order valence-corrected chi connectivity index (χ3v) is 6.10. The minimum atomic E-state index is -1.21. The van der Waals surface area contributed by atoms with Crippen LogP contribution in [0.25, 0.3) is 5.69 Å². The molecule has 0 radical (unpaired) electrons. The number of nitrogens with zero attached hydrogens (tertiary/aromatic N) is 2. The molecule has 3 N–H and O–H groups in total. The molecule has 34 heavy (non-hydrogen) atoms. The normalized spacial score (nSPS) is 11.9. The van der Waals surface area contributed by atoms with Crippen LogP contribution in [0.4, 0.5) is 11.4 Å². The van der Waals surface area contributed by atoms with Crippen LogP contribution in [0.2, 0.25) is 0 Å². The first kappa shape index (κ1) is 24.6. The number of para-hydroxylation sites is 1. The van der Waals surface area contributed by atoms with E-state index in [0.717, 1.165) is 17.0 Å². The van der Waals surface area contributed by atoms with E-state index in [1.165, 1.54) is 16.4 Å². The van der Waals surface area contributed by atoms with Crippen LogP contribution in [0, 0.1) is 6.92 Å². The maximum atomic E-state index is 13.0. The highest BCUT2D eigenvalue weighted by Crippen LogP contribution is 2.26. The minimum Gasteiger partial charge on any atom is -0.478 e. The number of carbonyl (C=O) groups excluding carboxylic acids is 2. The molecule has 3 rings (SSSR count). The van der Waals surface area contributed by atoms with E-state index in [1.807, 2.05) is 30.3 Å². The first-order chi connectivity index (χ1) is 16.2. The van der Waals surface area contributed by atoms with Gasteiger partial charge in [0, 0.05) is 29.8 Å². The summed E-state index contributed by atoms with van der Waals surface area (Å²) in [6.45, 7) is 3.51. The Bertz CT molecular complexity index is 1290. The van der Waals surface area contributed by atoms with Gasteiger partial charge in [-0.25, -0.2) is 9.48 Å². The second-order valence-corrected chi connectivity index (χ2v) is 8.79. The molecule has 0 bridgehead atoms. The molecule has 0 saturated heterocycles. The third-order valence-electron chi connectivity index (χ3n) is 4.98. The van der Waals surface area contributed by atoms with Gasteiger partial charge in [-0.1, -0.05) is 18.2 Å². The lowest BCUT2D eigenvalue weighted by atomic mass is 10.3. The predicted octanol–water partition coefficient (Wildman–Crippen LogP) is 3.18. The number of hydrogen-bond donors (Lipinski definition) is 3. The Kier molecular flexibility index (Phi) is 7.75. The number of rotatable bonds is 8. The topological polar surface area (TPSA) is 122 Å².